The number of carbonyl (C=O) groups excluding carboxylic acids is 2. The number of hydrogen-bond acceptors (Lipinski definition) is 5. The second-order valence-electron chi connectivity index (χ2n) is 9.88. The van der Waals surface area contributed by atoms with Gasteiger partial charge in [0.05, 0.1) is 11.5 Å². The molecule has 8 heteroatoms. The Morgan fingerprint density at radius 1 is 1.08 bits per heavy atom. The standard InChI is InChI=1S/C28H31N5O3/c1-17-8-9-22(18(2)14-17)29-26(35)21-16-23(34)30-25-24(21)27(36)32-28(31-25)33-12-10-20(11-13-33)15-19-6-4-3-5-7-19/h3-9,14,20-21H,10-13,15-16H2,1-2H3,(H,29,35)(H2,30,31,32,34,36). The van der Waals surface area contributed by atoms with E-state index >= 15 is 0 Å². The number of aryl methyl sites for hydroxylation is 2. The second kappa shape index (κ2) is 9.97. The fourth-order valence-corrected chi connectivity index (χ4v) is 5.20. The maximum absolute atomic E-state index is 13.2. The Morgan fingerprint density at radius 2 is 1.83 bits per heavy atom. The van der Waals surface area contributed by atoms with Gasteiger partial charge in [-0.05, 0) is 56.2 Å². The van der Waals surface area contributed by atoms with Crippen LogP contribution in [-0.2, 0) is 16.0 Å². The SMILES string of the molecule is Cc1ccc(NC(=O)C2CC(=O)Nc3nc(N4CCC(Cc5ccccc5)CC4)[nH]c(=O)c32)c(C)c1. The van der Waals surface area contributed by atoms with Crippen LogP contribution in [0.5, 0.6) is 0 Å². The van der Waals surface area contributed by atoms with Gasteiger partial charge in [-0.15, -0.1) is 0 Å². The van der Waals surface area contributed by atoms with Gasteiger partial charge in [0.25, 0.3) is 5.56 Å². The number of nitrogens with one attached hydrogen (secondary N) is 3. The molecule has 2 amide bonds. The fraction of sp³-hybridized carbons (Fsp3) is 0.357. The number of fused-ring (bicyclic) bond motifs is 1. The molecule has 3 N–H and O–H groups in total. The maximum Gasteiger partial charge on any atom is 0.258 e. The molecule has 5 rings (SSSR count). The lowest BCUT2D eigenvalue weighted by Crippen LogP contribution is -2.40. The highest BCUT2D eigenvalue weighted by atomic mass is 16.2. The van der Waals surface area contributed by atoms with Crippen LogP contribution in [0.15, 0.2) is 53.3 Å². The van der Waals surface area contributed by atoms with Crippen LogP contribution >= 0.6 is 0 Å². The van der Waals surface area contributed by atoms with Gasteiger partial charge in [-0.1, -0.05) is 48.0 Å². The third-order valence-electron chi connectivity index (χ3n) is 7.18. The normalized spacial score (nSPS) is 17.9. The number of carbonyl (C=O) groups is 2. The monoisotopic (exact) mass is 485 g/mol. The molecule has 0 spiro atoms. The molecule has 36 heavy (non-hydrogen) atoms. The molecule has 3 heterocycles. The molecular formula is C28H31N5O3. The summed E-state index contributed by atoms with van der Waals surface area (Å²) in [4.78, 5) is 48.3. The van der Waals surface area contributed by atoms with E-state index in [0.29, 0.717) is 17.6 Å². The summed E-state index contributed by atoms with van der Waals surface area (Å²) in [6.45, 7) is 5.43. The number of piperidine rings is 1. The third-order valence-corrected chi connectivity index (χ3v) is 7.18. The summed E-state index contributed by atoms with van der Waals surface area (Å²) in [6.07, 6.45) is 2.92. The Morgan fingerprint density at radius 3 is 2.56 bits per heavy atom. The molecule has 2 aliphatic rings. The highest BCUT2D eigenvalue weighted by molar-refractivity contribution is 6.04. The predicted octanol–water partition coefficient (Wildman–Crippen LogP) is 3.91. The summed E-state index contributed by atoms with van der Waals surface area (Å²) in [5.41, 5.74) is 3.83. The summed E-state index contributed by atoms with van der Waals surface area (Å²) in [5.74, 6) is -0.430. The zero-order chi connectivity index (χ0) is 25.2. The fourth-order valence-electron chi connectivity index (χ4n) is 5.20. The topological polar surface area (TPSA) is 107 Å². The van der Waals surface area contributed by atoms with Gasteiger partial charge in [0.1, 0.15) is 5.82 Å². The number of aromatic amines is 1. The summed E-state index contributed by atoms with van der Waals surface area (Å²) >= 11 is 0. The highest BCUT2D eigenvalue weighted by Crippen LogP contribution is 2.31. The van der Waals surface area contributed by atoms with Crippen molar-refractivity contribution in [1.82, 2.24) is 9.97 Å². The Bertz CT molecular complexity index is 1340. The molecule has 0 aliphatic carbocycles. The Hall–Kier alpha value is -3.94. The van der Waals surface area contributed by atoms with Gasteiger partial charge in [-0.25, -0.2) is 0 Å². The van der Waals surface area contributed by atoms with Gasteiger partial charge in [-0.3, -0.25) is 19.4 Å². The molecule has 8 nitrogen and oxygen atoms in total. The summed E-state index contributed by atoms with van der Waals surface area (Å²) in [6, 6.07) is 16.2. The first kappa shape index (κ1) is 23.8. The molecule has 0 saturated carbocycles. The van der Waals surface area contributed by atoms with Crippen LogP contribution in [0.25, 0.3) is 0 Å². The van der Waals surface area contributed by atoms with Crippen molar-refractivity contribution in [1.29, 1.82) is 0 Å². The van der Waals surface area contributed by atoms with Crippen LogP contribution in [0.1, 0.15) is 47.4 Å². The molecule has 0 radical (unpaired) electrons. The molecule has 1 atom stereocenters. The third kappa shape index (κ3) is 5.03. The van der Waals surface area contributed by atoms with Crippen LogP contribution < -0.4 is 21.1 Å². The van der Waals surface area contributed by atoms with Gasteiger partial charge in [0.2, 0.25) is 17.8 Å². The number of hydrogen-bond donors (Lipinski definition) is 3. The molecule has 3 aromatic rings. The summed E-state index contributed by atoms with van der Waals surface area (Å²) in [5, 5.41) is 5.60. The van der Waals surface area contributed by atoms with E-state index in [0.717, 1.165) is 43.5 Å². The van der Waals surface area contributed by atoms with Crippen LogP contribution in [0, 0.1) is 19.8 Å². The number of H-pyrrole nitrogens is 1. The molecule has 1 saturated heterocycles. The van der Waals surface area contributed by atoms with Crippen molar-refractivity contribution in [2.45, 2.75) is 45.4 Å². The average Bonchev–Trinajstić information content (AvgIpc) is 2.86. The quantitative estimate of drug-likeness (QED) is 0.508. The van der Waals surface area contributed by atoms with E-state index in [9.17, 15) is 14.4 Å². The Kier molecular flexibility index (Phi) is 6.59. The van der Waals surface area contributed by atoms with Gasteiger partial charge in [0.15, 0.2) is 0 Å². The molecule has 0 bridgehead atoms. The maximum atomic E-state index is 13.2. The van der Waals surface area contributed by atoms with E-state index in [1.807, 2.05) is 38.1 Å². The van der Waals surface area contributed by atoms with Crippen molar-refractivity contribution in [2.75, 3.05) is 28.6 Å². The van der Waals surface area contributed by atoms with Gasteiger partial charge < -0.3 is 15.5 Å². The number of amides is 2. The molecule has 2 aliphatic heterocycles. The minimum Gasteiger partial charge on any atom is -0.342 e. The van der Waals surface area contributed by atoms with E-state index in [1.165, 1.54) is 5.56 Å². The van der Waals surface area contributed by atoms with Crippen molar-refractivity contribution in [3.05, 3.63) is 81.1 Å². The van der Waals surface area contributed by atoms with Crippen LogP contribution in [0.3, 0.4) is 0 Å². The zero-order valence-electron chi connectivity index (χ0n) is 20.6. The molecule has 2 aromatic carbocycles. The van der Waals surface area contributed by atoms with Gasteiger partial charge in [-0.2, -0.15) is 4.98 Å². The van der Waals surface area contributed by atoms with E-state index in [-0.39, 0.29) is 35.2 Å². The molecule has 186 valence electrons. The predicted molar refractivity (Wildman–Crippen MR) is 140 cm³/mol. The van der Waals surface area contributed by atoms with E-state index < -0.39 is 5.92 Å². The Balaban J connectivity index is 1.32. The van der Waals surface area contributed by atoms with E-state index in [1.54, 1.807) is 0 Å². The van der Waals surface area contributed by atoms with Crippen molar-refractivity contribution < 1.29 is 9.59 Å². The number of aromatic nitrogens is 2. The lowest BCUT2D eigenvalue weighted by atomic mass is 9.90. The number of nitrogens with zero attached hydrogens (tertiary/aromatic N) is 2. The van der Waals surface area contributed by atoms with Crippen molar-refractivity contribution >= 4 is 29.3 Å². The highest BCUT2D eigenvalue weighted by Gasteiger charge is 2.35. The second-order valence-corrected chi connectivity index (χ2v) is 9.88. The number of rotatable bonds is 5. The lowest BCUT2D eigenvalue weighted by Gasteiger charge is -2.33. The smallest absolute Gasteiger partial charge is 0.258 e. The van der Waals surface area contributed by atoms with Crippen LogP contribution in [0.4, 0.5) is 17.5 Å². The molecule has 1 unspecified atom stereocenters. The molecular weight excluding hydrogens is 454 g/mol. The largest absolute Gasteiger partial charge is 0.342 e. The van der Waals surface area contributed by atoms with Gasteiger partial charge >= 0.3 is 0 Å². The summed E-state index contributed by atoms with van der Waals surface area (Å²) in [7, 11) is 0. The van der Waals surface area contributed by atoms with E-state index in [2.05, 4.69) is 49.8 Å². The Labute approximate surface area is 210 Å². The van der Waals surface area contributed by atoms with Crippen molar-refractivity contribution in [3.63, 3.8) is 0 Å². The van der Waals surface area contributed by atoms with E-state index in [4.69, 9.17) is 0 Å². The first-order valence-corrected chi connectivity index (χ1v) is 12.5. The van der Waals surface area contributed by atoms with Crippen LogP contribution in [-0.4, -0.2) is 34.9 Å². The average molecular weight is 486 g/mol. The lowest BCUT2D eigenvalue weighted by molar-refractivity contribution is -0.123. The first-order valence-electron chi connectivity index (χ1n) is 12.5. The number of anilines is 3. The summed E-state index contributed by atoms with van der Waals surface area (Å²) < 4.78 is 0. The molecule has 1 aromatic heterocycles. The number of benzene rings is 2. The minimum atomic E-state index is -0.906. The first-order chi connectivity index (χ1) is 17.4. The van der Waals surface area contributed by atoms with Crippen LogP contribution in [0.2, 0.25) is 0 Å². The molecule has 1 fully saturated rings. The zero-order valence-corrected chi connectivity index (χ0v) is 20.6. The van der Waals surface area contributed by atoms with Gasteiger partial charge in [0, 0.05) is 25.2 Å². The minimum absolute atomic E-state index is 0.0985. The van der Waals surface area contributed by atoms with Crippen molar-refractivity contribution in [3.8, 4) is 0 Å². The van der Waals surface area contributed by atoms with Crippen molar-refractivity contribution in [2.24, 2.45) is 5.92 Å².